The average Bonchev–Trinajstić information content (AvgIpc) is 2.24. The van der Waals surface area contributed by atoms with Gasteiger partial charge in [-0.25, -0.2) is 0 Å². The van der Waals surface area contributed by atoms with E-state index in [4.69, 9.17) is 5.73 Å². The quantitative estimate of drug-likeness (QED) is 0.872. The largest absolute Gasteiger partial charge is 0.327 e. The summed E-state index contributed by atoms with van der Waals surface area (Å²) in [6.07, 6.45) is 1.18. The molecule has 1 nitrogen and oxygen atoms in total. The summed E-state index contributed by atoms with van der Waals surface area (Å²) in [6.45, 7) is 4.50. The summed E-state index contributed by atoms with van der Waals surface area (Å²) in [7, 11) is 0. The summed E-state index contributed by atoms with van der Waals surface area (Å²) >= 11 is 3.53. The SMILES string of the molecule is CCC1C(N)C(C)C1c1cccc(Br)c1. The Balaban J connectivity index is 2.24. The summed E-state index contributed by atoms with van der Waals surface area (Å²) in [5.74, 6) is 1.93. The van der Waals surface area contributed by atoms with E-state index in [-0.39, 0.29) is 0 Å². The van der Waals surface area contributed by atoms with E-state index in [0.29, 0.717) is 23.8 Å². The van der Waals surface area contributed by atoms with Gasteiger partial charge in [-0.2, -0.15) is 0 Å². The molecule has 82 valence electrons. The second-order valence-corrected chi connectivity index (χ2v) is 5.51. The Morgan fingerprint density at radius 3 is 2.73 bits per heavy atom. The predicted octanol–water partition coefficient (Wildman–Crippen LogP) is 3.54. The molecule has 1 aromatic rings. The van der Waals surface area contributed by atoms with Crippen LogP contribution in [0.25, 0.3) is 0 Å². The zero-order valence-corrected chi connectivity index (χ0v) is 10.9. The fraction of sp³-hybridized carbons (Fsp3) is 0.538. The molecule has 1 aliphatic carbocycles. The van der Waals surface area contributed by atoms with Crippen molar-refractivity contribution in [2.24, 2.45) is 17.6 Å². The zero-order chi connectivity index (χ0) is 11.0. The molecule has 2 heteroatoms. The Bertz CT molecular complexity index is 350. The normalized spacial score (nSPS) is 34.9. The second-order valence-electron chi connectivity index (χ2n) is 4.59. The highest BCUT2D eigenvalue weighted by Crippen LogP contribution is 2.48. The van der Waals surface area contributed by atoms with Gasteiger partial charge in [-0.15, -0.1) is 0 Å². The number of hydrogen-bond donors (Lipinski definition) is 1. The van der Waals surface area contributed by atoms with Gasteiger partial charge < -0.3 is 5.73 Å². The van der Waals surface area contributed by atoms with E-state index in [2.05, 4.69) is 54.0 Å². The van der Waals surface area contributed by atoms with Gasteiger partial charge in [0.25, 0.3) is 0 Å². The van der Waals surface area contributed by atoms with Crippen molar-refractivity contribution >= 4 is 15.9 Å². The Morgan fingerprint density at radius 2 is 2.13 bits per heavy atom. The molecule has 0 aromatic heterocycles. The zero-order valence-electron chi connectivity index (χ0n) is 9.28. The lowest BCUT2D eigenvalue weighted by Crippen LogP contribution is -2.53. The number of rotatable bonds is 2. The van der Waals surface area contributed by atoms with Gasteiger partial charge in [-0.1, -0.05) is 48.3 Å². The van der Waals surface area contributed by atoms with Crippen molar-refractivity contribution in [2.75, 3.05) is 0 Å². The summed E-state index contributed by atoms with van der Waals surface area (Å²) in [6, 6.07) is 9.03. The summed E-state index contributed by atoms with van der Waals surface area (Å²) in [5, 5.41) is 0. The molecule has 0 amide bonds. The van der Waals surface area contributed by atoms with Crippen LogP contribution in [-0.4, -0.2) is 6.04 Å². The summed E-state index contributed by atoms with van der Waals surface area (Å²) in [5.41, 5.74) is 7.57. The standard InChI is InChI=1S/C13H18BrN/c1-3-11-12(8(2)13(11)15)9-5-4-6-10(14)7-9/h4-8,11-13H,3,15H2,1-2H3. The molecule has 15 heavy (non-hydrogen) atoms. The molecular formula is C13H18BrN. The van der Waals surface area contributed by atoms with Crippen LogP contribution in [0.1, 0.15) is 31.7 Å². The maximum atomic E-state index is 6.13. The first-order valence-electron chi connectivity index (χ1n) is 5.66. The van der Waals surface area contributed by atoms with E-state index in [0.717, 1.165) is 0 Å². The van der Waals surface area contributed by atoms with Crippen LogP contribution >= 0.6 is 15.9 Å². The van der Waals surface area contributed by atoms with Crippen molar-refractivity contribution in [3.05, 3.63) is 34.3 Å². The molecule has 1 fully saturated rings. The third kappa shape index (κ3) is 1.85. The van der Waals surface area contributed by atoms with E-state index in [1.165, 1.54) is 16.5 Å². The minimum Gasteiger partial charge on any atom is -0.327 e. The highest BCUT2D eigenvalue weighted by molar-refractivity contribution is 9.10. The Labute approximate surface area is 100 Å². The minimum absolute atomic E-state index is 0.388. The number of benzene rings is 1. The molecule has 0 aliphatic heterocycles. The van der Waals surface area contributed by atoms with Gasteiger partial charge in [-0.3, -0.25) is 0 Å². The molecule has 0 radical (unpaired) electrons. The van der Waals surface area contributed by atoms with Gasteiger partial charge in [0, 0.05) is 10.5 Å². The molecule has 4 unspecified atom stereocenters. The smallest absolute Gasteiger partial charge is 0.0178 e. The molecule has 2 rings (SSSR count). The Kier molecular flexibility index (Phi) is 3.17. The van der Waals surface area contributed by atoms with Gasteiger partial charge in [0.05, 0.1) is 0 Å². The maximum Gasteiger partial charge on any atom is 0.0178 e. The highest BCUT2D eigenvalue weighted by atomic mass is 79.9. The third-order valence-electron chi connectivity index (χ3n) is 3.83. The lowest BCUT2D eigenvalue weighted by atomic mass is 9.58. The monoisotopic (exact) mass is 267 g/mol. The molecule has 0 heterocycles. The van der Waals surface area contributed by atoms with E-state index in [9.17, 15) is 0 Å². The van der Waals surface area contributed by atoms with Gasteiger partial charge in [-0.05, 0) is 35.4 Å². The van der Waals surface area contributed by atoms with Crippen LogP contribution in [0.2, 0.25) is 0 Å². The van der Waals surface area contributed by atoms with Crippen LogP contribution < -0.4 is 5.73 Å². The first-order chi connectivity index (χ1) is 7.15. The van der Waals surface area contributed by atoms with Crippen molar-refractivity contribution in [2.45, 2.75) is 32.2 Å². The lowest BCUT2D eigenvalue weighted by Gasteiger charge is -2.49. The molecule has 1 aromatic carbocycles. The maximum absolute atomic E-state index is 6.13. The molecule has 1 aliphatic rings. The van der Waals surface area contributed by atoms with Gasteiger partial charge in [0.2, 0.25) is 0 Å². The Hall–Kier alpha value is -0.340. The molecule has 2 N–H and O–H groups in total. The fourth-order valence-corrected chi connectivity index (χ4v) is 3.32. The molecular weight excluding hydrogens is 250 g/mol. The van der Waals surface area contributed by atoms with Gasteiger partial charge in [0.1, 0.15) is 0 Å². The first-order valence-corrected chi connectivity index (χ1v) is 6.45. The van der Waals surface area contributed by atoms with Crippen LogP contribution in [-0.2, 0) is 0 Å². The van der Waals surface area contributed by atoms with Gasteiger partial charge >= 0.3 is 0 Å². The molecule has 1 saturated carbocycles. The van der Waals surface area contributed by atoms with Crippen LogP contribution in [0.3, 0.4) is 0 Å². The number of nitrogens with two attached hydrogens (primary N) is 1. The molecule has 4 atom stereocenters. The van der Waals surface area contributed by atoms with Crippen molar-refractivity contribution in [1.29, 1.82) is 0 Å². The second kappa shape index (κ2) is 4.26. The Morgan fingerprint density at radius 1 is 1.40 bits per heavy atom. The summed E-state index contributed by atoms with van der Waals surface area (Å²) < 4.78 is 1.17. The average molecular weight is 268 g/mol. The number of halogens is 1. The van der Waals surface area contributed by atoms with E-state index in [1.807, 2.05) is 0 Å². The molecule has 0 bridgehead atoms. The van der Waals surface area contributed by atoms with Crippen molar-refractivity contribution < 1.29 is 0 Å². The van der Waals surface area contributed by atoms with Crippen molar-refractivity contribution in [1.82, 2.24) is 0 Å². The number of hydrogen-bond acceptors (Lipinski definition) is 1. The van der Waals surface area contributed by atoms with Crippen LogP contribution in [0.5, 0.6) is 0 Å². The lowest BCUT2D eigenvalue weighted by molar-refractivity contribution is 0.109. The first kappa shape index (κ1) is 11.2. The highest BCUT2D eigenvalue weighted by Gasteiger charge is 2.44. The third-order valence-corrected chi connectivity index (χ3v) is 4.33. The van der Waals surface area contributed by atoms with Crippen LogP contribution in [0, 0.1) is 11.8 Å². The van der Waals surface area contributed by atoms with E-state index < -0.39 is 0 Å². The molecule has 0 spiro atoms. The van der Waals surface area contributed by atoms with Crippen LogP contribution in [0.15, 0.2) is 28.7 Å². The summed E-state index contributed by atoms with van der Waals surface area (Å²) in [4.78, 5) is 0. The van der Waals surface area contributed by atoms with Crippen molar-refractivity contribution in [3.63, 3.8) is 0 Å². The topological polar surface area (TPSA) is 26.0 Å². The fourth-order valence-electron chi connectivity index (χ4n) is 2.90. The van der Waals surface area contributed by atoms with Crippen LogP contribution in [0.4, 0.5) is 0 Å². The van der Waals surface area contributed by atoms with E-state index in [1.54, 1.807) is 0 Å². The van der Waals surface area contributed by atoms with E-state index >= 15 is 0 Å². The predicted molar refractivity (Wildman–Crippen MR) is 67.8 cm³/mol. The van der Waals surface area contributed by atoms with Gasteiger partial charge in [0.15, 0.2) is 0 Å². The van der Waals surface area contributed by atoms with Crippen molar-refractivity contribution in [3.8, 4) is 0 Å². The molecule has 0 saturated heterocycles. The minimum atomic E-state index is 0.388.